The molecule has 3 heteroatoms. The van der Waals surface area contributed by atoms with E-state index in [1.165, 1.54) is 48.8 Å². The largest absolute Gasteiger partial charge is 0.311 e. The van der Waals surface area contributed by atoms with E-state index in [1.807, 2.05) is 0 Å². The highest BCUT2D eigenvalue weighted by Crippen LogP contribution is 2.38. The number of hydrogen-bond acceptors (Lipinski definition) is 2. The summed E-state index contributed by atoms with van der Waals surface area (Å²) in [5.41, 5.74) is 1.83. The van der Waals surface area contributed by atoms with Crippen LogP contribution >= 0.6 is 15.9 Å². The molecule has 122 valence electrons. The number of nitrogens with one attached hydrogen (secondary N) is 1. The van der Waals surface area contributed by atoms with Gasteiger partial charge in [0.15, 0.2) is 0 Å². The SMILES string of the molecule is CC(C)(C)N1CCC(NC2CC(c3ccc(Br)cc3)C2)CC1. The maximum absolute atomic E-state index is 3.90. The second-order valence-corrected chi connectivity index (χ2v) is 8.93. The Hall–Kier alpha value is -0.380. The zero-order valence-corrected chi connectivity index (χ0v) is 15.7. The molecular weight excluding hydrogens is 336 g/mol. The Morgan fingerprint density at radius 3 is 2.14 bits per heavy atom. The molecule has 1 heterocycles. The number of nitrogens with zero attached hydrogens (tertiary/aromatic N) is 1. The van der Waals surface area contributed by atoms with Gasteiger partial charge in [-0.25, -0.2) is 0 Å². The van der Waals surface area contributed by atoms with Crippen molar-refractivity contribution in [1.82, 2.24) is 10.2 Å². The van der Waals surface area contributed by atoms with Gasteiger partial charge in [0.25, 0.3) is 0 Å². The highest BCUT2D eigenvalue weighted by Gasteiger charge is 2.33. The molecule has 2 fully saturated rings. The van der Waals surface area contributed by atoms with Crippen molar-refractivity contribution >= 4 is 15.9 Å². The quantitative estimate of drug-likeness (QED) is 0.846. The third kappa shape index (κ3) is 3.93. The number of likely N-dealkylation sites (tertiary alicyclic amines) is 1. The van der Waals surface area contributed by atoms with Gasteiger partial charge < -0.3 is 5.32 Å². The van der Waals surface area contributed by atoms with E-state index in [9.17, 15) is 0 Å². The maximum atomic E-state index is 3.90. The molecule has 2 nitrogen and oxygen atoms in total. The van der Waals surface area contributed by atoms with Crippen LogP contribution in [-0.4, -0.2) is 35.6 Å². The minimum Gasteiger partial charge on any atom is -0.311 e. The zero-order chi connectivity index (χ0) is 15.7. The molecule has 0 radical (unpaired) electrons. The smallest absolute Gasteiger partial charge is 0.0175 e. The van der Waals surface area contributed by atoms with Gasteiger partial charge in [0, 0.05) is 35.2 Å². The van der Waals surface area contributed by atoms with Crippen molar-refractivity contribution in [3.8, 4) is 0 Å². The molecule has 0 amide bonds. The Morgan fingerprint density at radius 2 is 1.59 bits per heavy atom. The summed E-state index contributed by atoms with van der Waals surface area (Å²) >= 11 is 3.51. The lowest BCUT2D eigenvalue weighted by atomic mass is 9.75. The Bertz CT molecular complexity index is 477. The van der Waals surface area contributed by atoms with Crippen LogP contribution in [0.5, 0.6) is 0 Å². The minimum atomic E-state index is 0.327. The number of benzene rings is 1. The molecule has 0 aromatic heterocycles. The van der Waals surface area contributed by atoms with Gasteiger partial charge in [0.2, 0.25) is 0 Å². The van der Waals surface area contributed by atoms with E-state index in [2.05, 4.69) is 71.2 Å². The molecule has 0 atom stereocenters. The second kappa shape index (κ2) is 6.62. The van der Waals surface area contributed by atoms with Crippen LogP contribution in [-0.2, 0) is 0 Å². The highest BCUT2D eigenvalue weighted by atomic mass is 79.9. The Labute approximate surface area is 143 Å². The molecule has 1 aromatic carbocycles. The van der Waals surface area contributed by atoms with Crippen molar-refractivity contribution in [2.75, 3.05) is 13.1 Å². The van der Waals surface area contributed by atoms with Gasteiger partial charge in [0.1, 0.15) is 0 Å². The Balaban J connectivity index is 1.41. The molecule has 1 aliphatic carbocycles. The topological polar surface area (TPSA) is 15.3 Å². The first-order valence-corrected chi connectivity index (χ1v) is 9.47. The van der Waals surface area contributed by atoms with Crippen molar-refractivity contribution in [1.29, 1.82) is 0 Å². The summed E-state index contributed by atoms with van der Waals surface area (Å²) in [4.78, 5) is 2.62. The van der Waals surface area contributed by atoms with Crippen molar-refractivity contribution in [2.24, 2.45) is 0 Å². The van der Waals surface area contributed by atoms with Gasteiger partial charge in [-0.1, -0.05) is 28.1 Å². The summed E-state index contributed by atoms with van der Waals surface area (Å²) in [6.07, 6.45) is 5.22. The lowest BCUT2D eigenvalue weighted by molar-refractivity contribution is 0.0890. The van der Waals surface area contributed by atoms with Crippen LogP contribution in [0.2, 0.25) is 0 Å². The van der Waals surface area contributed by atoms with Gasteiger partial charge in [-0.2, -0.15) is 0 Å². The molecule has 0 unspecified atom stereocenters. The van der Waals surface area contributed by atoms with E-state index in [1.54, 1.807) is 0 Å². The van der Waals surface area contributed by atoms with Gasteiger partial charge in [0.05, 0.1) is 0 Å². The normalized spacial score (nSPS) is 27.6. The third-order valence-electron chi connectivity index (χ3n) is 5.39. The molecule has 1 aromatic rings. The van der Waals surface area contributed by atoms with E-state index in [-0.39, 0.29) is 0 Å². The molecule has 3 rings (SSSR count). The van der Waals surface area contributed by atoms with E-state index in [0.29, 0.717) is 5.54 Å². The van der Waals surface area contributed by atoms with E-state index >= 15 is 0 Å². The van der Waals surface area contributed by atoms with Crippen molar-refractivity contribution in [3.05, 3.63) is 34.3 Å². The summed E-state index contributed by atoms with van der Waals surface area (Å²) in [5.74, 6) is 0.764. The lowest BCUT2D eigenvalue weighted by Gasteiger charge is -2.44. The van der Waals surface area contributed by atoms with Gasteiger partial charge in [-0.05, 0) is 70.1 Å². The molecule has 0 bridgehead atoms. The molecule has 0 spiro atoms. The van der Waals surface area contributed by atoms with Crippen LogP contribution in [0.15, 0.2) is 28.7 Å². The van der Waals surface area contributed by atoms with Gasteiger partial charge in [-0.3, -0.25) is 4.90 Å². The predicted octanol–water partition coefficient (Wildman–Crippen LogP) is 4.55. The summed E-state index contributed by atoms with van der Waals surface area (Å²) in [7, 11) is 0. The average Bonchev–Trinajstić information content (AvgIpc) is 2.43. The van der Waals surface area contributed by atoms with Crippen molar-refractivity contribution in [2.45, 2.75) is 70.0 Å². The average molecular weight is 365 g/mol. The van der Waals surface area contributed by atoms with Crippen LogP contribution in [0.3, 0.4) is 0 Å². The maximum Gasteiger partial charge on any atom is 0.0175 e. The Kier molecular flexibility index (Phi) is 4.96. The van der Waals surface area contributed by atoms with E-state index in [4.69, 9.17) is 0 Å². The molecule has 1 saturated heterocycles. The van der Waals surface area contributed by atoms with Crippen LogP contribution in [0.25, 0.3) is 0 Å². The van der Waals surface area contributed by atoms with Crippen LogP contribution < -0.4 is 5.32 Å². The van der Waals surface area contributed by atoms with Crippen molar-refractivity contribution < 1.29 is 0 Å². The van der Waals surface area contributed by atoms with E-state index in [0.717, 1.165) is 18.0 Å². The summed E-state index contributed by atoms with van der Waals surface area (Å²) in [5, 5.41) is 3.90. The number of hydrogen-bond donors (Lipinski definition) is 1. The highest BCUT2D eigenvalue weighted by molar-refractivity contribution is 9.10. The Morgan fingerprint density at radius 1 is 1.00 bits per heavy atom. The first-order valence-electron chi connectivity index (χ1n) is 8.68. The lowest BCUT2D eigenvalue weighted by Crippen LogP contribution is -2.53. The predicted molar refractivity (Wildman–Crippen MR) is 97.4 cm³/mol. The molecular formula is C19H29BrN2. The third-order valence-corrected chi connectivity index (χ3v) is 5.92. The zero-order valence-electron chi connectivity index (χ0n) is 14.1. The fourth-order valence-electron chi connectivity index (χ4n) is 3.81. The van der Waals surface area contributed by atoms with Crippen LogP contribution in [0.1, 0.15) is 57.9 Å². The fraction of sp³-hybridized carbons (Fsp3) is 0.684. The summed E-state index contributed by atoms with van der Waals surface area (Å²) in [6, 6.07) is 10.3. The number of halogens is 1. The molecule has 1 aliphatic heterocycles. The fourth-order valence-corrected chi connectivity index (χ4v) is 4.08. The van der Waals surface area contributed by atoms with E-state index < -0.39 is 0 Å². The van der Waals surface area contributed by atoms with Crippen LogP contribution in [0, 0.1) is 0 Å². The molecule has 22 heavy (non-hydrogen) atoms. The van der Waals surface area contributed by atoms with Crippen molar-refractivity contribution in [3.63, 3.8) is 0 Å². The monoisotopic (exact) mass is 364 g/mol. The first kappa shape index (κ1) is 16.5. The summed E-state index contributed by atoms with van der Waals surface area (Å²) < 4.78 is 1.18. The standard InChI is InChI=1S/C19H29BrN2/c1-19(2,3)22-10-8-17(9-11-22)21-18-12-15(13-18)14-4-6-16(20)7-5-14/h4-7,15,17-18,21H,8-13H2,1-3H3. The van der Waals surface area contributed by atoms with Gasteiger partial charge >= 0.3 is 0 Å². The summed E-state index contributed by atoms with van der Waals surface area (Å²) in [6.45, 7) is 9.47. The number of rotatable bonds is 3. The molecule has 1 N–H and O–H groups in total. The second-order valence-electron chi connectivity index (χ2n) is 8.02. The van der Waals surface area contributed by atoms with Crippen LogP contribution in [0.4, 0.5) is 0 Å². The number of piperidine rings is 1. The molecule has 2 aliphatic rings. The minimum absolute atomic E-state index is 0.327. The van der Waals surface area contributed by atoms with Gasteiger partial charge in [-0.15, -0.1) is 0 Å². The first-order chi connectivity index (χ1) is 10.4. The molecule has 1 saturated carbocycles.